The number of nitrogens with zero attached hydrogens (tertiary/aromatic N) is 3. The molecule has 0 radical (unpaired) electrons. The molecule has 0 saturated heterocycles. The van der Waals surface area contributed by atoms with E-state index in [1.165, 1.54) is 4.90 Å². The van der Waals surface area contributed by atoms with Crippen LogP contribution in [0.15, 0.2) is 78.8 Å². The van der Waals surface area contributed by atoms with Crippen molar-refractivity contribution in [3.8, 4) is 11.5 Å². The van der Waals surface area contributed by atoms with Gasteiger partial charge in [0.2, 0.25) is 0 Å². The number of amides is 2. The zero-order valence-corrected chi connectivity index (χ0v) is 19.5. The molecule has 1 aliphatic heterocycles. The largest absolute Gasteiger partial charge is 0.493 e. The molecule has 0 saturated carbocycles. The molecular formula is C27H27N3O4. The maximum absolute atomic E-state index is 13.7. The van der Waals surface area contributed by atoms with Crippen LogP contribution in [0, 0.1) is 0 Å². The third-order valence-electron chi connectivity index (χ3n) is 5.82. The first-order chi connectivity index (χ1) is 16.6. The number of hydrogen-bond donors (Lipinski definition) is 0. The topological polar surface area (TPSA) is 72.0 Å². The lowest BCUT2D eigenvalue weighted by molar-refractivity contribution is -0.138. The molecule has 0 spiro atoms. The molecule has 0 atom stereocenters. The molecule has 34 heavy (non-hydrogen) atoms. The van der Waals surface area contributed by atoms with E-state index in [4.69, 9.17) is 9.47 Å². The summed E-state index contributed by atoms with van der Waals surface area (Å²) in [6.45, 7) is 3.21. The zero-order chi connectivity index (χ0) is 24.1. The average molecular weight is 458 g/mol. The van der Waals surface area contributed by atoms with Gasteiger partial charge in [0.25, 0.3) is 11.8 Å². The van der Waals surface area contributed by atoms with Crippen molar-refractivity contribution in [2.75, 3.05) is 20.8 Å². The quantitative estimate of drug-likeness (QED) is 0.454. The fourth-order valence-electron chi connectivity index (χ4n) is 4.08. The normalized spacial score (nSPS) is 13.4. The van der Waals surface area contributed by atoms with E-state index in [9.17, 15) is 9.59 Å². The van der Waals surface area contributed by atoms with Crippen LogP contribution in [0.2, 0.25) is 0 Å². The highest BCUT2D eigenvalue weighted by Gasteiger charge is 2.41. The van der Waals surface area contributed by atoms with Crippen molar-refractivity contribution < 1.29 is 19.1 Å². The van der Waals surface area contributed by atoms with Crippen LogP contribution in [0.1, 0.15) is 23.6 Å². The van der Waals surface area contributed by atoms with Crippen molar-refractivity contribution in [1.29, 1.82) is 0 Å². The molecule has 2 heterocycles. The second-order valence-electron chi connectivity index (χ2n) is 7.85. The van der Waals surface area contributed by atoms with Crippen LogP contribution in [-0.2, 0) is 22.7 Å². The minimum absolute atomic E-state index is 0.170. The fourth-order valence-corrected chi connectivity index (χ4v) is 4.08. The summed E-state index contributed by atoms with van der Waals surface area (Å²) in [4.78, 5) is 34.7. The summed E-state index contributed by atoms with van der Waals surface area (Å²) in [7, 11) is 3.10. The smallest absolute Gasteiger partial charge is 0.278 e. The molecule has 1 aromatic heterocycles. The van der Waals surface area contributed by atoms with Crippen molar-refractivity contribution in [2.45, 2.75) is 20.0 Å². The lowest BCUT2D eigenvalue weighted by atomic mass is 10.0. The molecule has 0 bridgehead atoms. The number of hydrogen-bond acceptors (Lipinski definition) is 6. The first-order valence-electron chi connectivity index (χ1n) is 11.1. The third kappa shape index (κ3) is 4.50. The number of ether oxygens (including phenoxy) is 2. The van der Waals surface area contributed by atoms with Crippen LogP contribution in [-0.4, -0.2) is 47.4 Å². The van der Waals surface area contributed by atoms with E-state index in [1.807, 2.05) is 42.2 Å². The molecule has 174 valence electrons. The van der Waals surface area contributed by atoms with E-state index in [0.717, 1.165) is 11.1 Å². The summed E-state index contributed by atoms with van der Waals surface area (Å²) >= 11 is 0. The first kappa shape index (κ1) is 23.0. The Bertz CT molecular complexity index is 1210. The van der Waals surface area contributed by atoms with E-state index < -0.39 is 0 Å². The minimum atomic E-state index is -0.337. The first-order valence-corrected chi connectivity index (χ1v) is 11.1. The number of benzene rings is 2. The van der Waals surface area contributed by atoms with Gasteiger partial charge in [0, 0.05) is 25.5 Å². The molecular weight excluding hydrogens is 430 g/mol. The summed E-state index contributed by atoms with van der Waals surface area (Å²) in [5.41, 5.74) is 3.23. The van der Waals surface area contributed by atoms with Crippen LogP contribution in [0.25, 0.3) is 5.57 Å². The predicted octanol–water partition coefficient (Wildman–Crippen LogP) is 3.90. The molecule has 0 unspecified atom stereocenters. The van der Waals surface area contributed by atoms with Gasteiger partial charge in [-0.05, 0) is 47.9 Å². The van der Waals surface area contributed by atoms with Gasteiger partial charge in [-0.2, -0.15) is 0 Å². The van der Waals surface area contributed by atoms with Gasteiger partial charge in [-0.3, -0.25) is 19.5 Å². The minimum Gasteiger partial charge on any atom is -0.493 e. The van der Waals surface area contributed by atoms with Gasteiger partial charge in [0.05, 0.1) is 26.3 Å². The van der Waals surface area contributed by atoms with E-state index in [-0.39, 0.29) is 18.4 Å². The molecule has 0 fully saturated rings. The number of methoxy groups -OCH3 is 2. The summed E-state index contributed by atoms with van der Waals surface area (Å²) in [6, 6.07) is 18.8. The third-order valence-corrected chi connectivity index (χ3v) is 5.82. The summed E-state index contributed by atoms with van der Waals surface area (Å²) < 4.78 is 10.8. The molecule has 3 aromatic rings. The average Bonchev–Trinajstić information content (AvgIpc) is 3.12. The number of rotatable bonds is 9. The molecule has 4 rings (SSSR count). The summed E-state index contributed by atoms with van der Waals surface area (Å²) in [5, 5.41) is 0. The highest BCUT2D eigenvalue weighted by molar-refractivity contribution is 6.35. The highest BCUT2D eigenvalue weighted by Crippen LogP contribution is 2.37. The number of likely N-dealkylation sites (N-methyl/N-ethyl adjacent to an activating group) is 1. The van der Waals surface area contributed by atoms with Crippen molar-refractivity contribution in [3.63, 3.8) is 0 Å². The van der Waals surface area contributed by atoms with E-state index in [1.54, 1.807) is 56.9 Å². The molecule has 7 heteroatoms. The maximum atomic E-state index is 13.7. The van der Waals surface area contributed by atoms with E-state index in [2.05, 4.69) is 4.98 Å². The zero-order valence-electron chi connectivity index (χ0n) is 19.5. The molecule has 2 aromatic carbocycles. The standard InChI is InChI=1S/C27H27N3O4/c1-4-29(17-19-8-6-5-7-9-19)25-24(21-10-11-22(33-2)23(16-21)34-3)26(31)30(27(25)32)18-20-12-14-28-15-13-20/h5-16H,4,17-18H2,1-3H3. The summed E-state index contributed by atoms with van der Waals surface area (Å²) in [5.74, 6) is 0.390. The fraction of sp³-hybridized carbons (Fsp3) is 0.222. The Morgan fingerprint density at radius 2 is 1.56 bits per heavy atom. The van der Waals surface area contributed by atoms with Gasteiger partial charge >= 0.3 is 0 Å². The lowest BCUT2D eigenvalue weighted by Crippen LogP contribution is -2.34. The van der Waals surface area contributed by atoms with Gasteiger partial charge in [-0.1, -0.05) is 36.4 Å². The van der Waals surface area contributed by atoms with Gasteiger partial charge in [0.15, 0.2) is 11.5 Å². The van der Waals surface area contributed by atoms with Gasteiger partial charge in [0.1, 0.15) is 5.70 Å². The van der Waals surface area contributed by atoms with E-state index in [0.29, 0.717) is 41.4 Å². The van der Waals surface area contributed by atoms with Gasteiger partial charge in [-0.15, -0.1) is 0 Å². The summed E-state index contributed by atoms with van der Waals surface area (Å²) in [6.07, 6.45) is 3.30. The molecule has 1 aliphatic rings. The van der Waals surface area contributed by atoms with Gasteiger partial charge in [-0.25, -0.2) is 0 Å². The Hall–Kier alpha value is -4.13. The van der Waals surface area contributed by atoms with Gasteiger partial charge < -0.3 is 14.4 Å². The van der Waals surface area contributed by atoms with Crippen molar-refractivity contribution in [2.24, 2.45) is 0 Å². The molecule has 0 N–H and O–H groups in total. The SMILES string of the molecule is CCN(Cc1ccccc1)C1=C(c2ccc(OC)c(OC)c2)C(=O)N(Cc2ccncc2)C1=O. The molecule has 7 nitrogen and oxygen atoms in total. The number of imide groups is 1. The Kier molecular flexibility index (Phi) is 6.92. The highest BCUT2D eigenvalue weighted by atomic mass is 16.5. The van der Waals surface area contributed by atoms with E-state index >= 15 is 0 Å². The lowest BCUT2D eigenvalue weighted by Gasteiger charge is -2.25. The van der Waals surface area contributed by atoms with Crippen LogP contribution in [0.4, 0.5) is 0 Å². The Balaban J connectivity index is 1.80. The van der Waals surface area contributed by atoms with Crippen molar-refractivity contribution in [1.82, 2.24) is 14.8 Å². The van der Waals surface area contributed by atoms with Crippen molar-refractivity contribution >= 4 is 17.4 Å². The van der Waals surface area contributed by atoms with Crippen LogP contribution < -0.4 is 9.47 Å². The monoisotopic (exact) mass is 457 g/mol. The Morgan fingerprint density at radius 3 is 2.21 bits per heavy atom. The Labute approximate surface area is 199 Å². The van der Waals surface area contributed by atoms with Crippen LogP contribution in [0.5, 0.6) is 11.5 Å². The second-order valence-corrected chi connectivity index (χ2v) is 7.85. The number of aromatic nitrogens is 1. The second kappa shape index (κ2) is 10.2. The number of carbonyl (C=O) groups is 2. The van der Waals surface area contributed by atoms with Crippen LogP contribution >= 0.6 is 0 Å². The van der Waals surface area contributed by atoms with Crippen LogP contribution in [0.3, 0.4) is 0 Å². The number of carbonyl (C=O) groups excluding carboxylic acids is 2. The van der Waals surface area contributed by atoms with Crippen molar-refractivity contribution in [3.05, 3.63) is 95.4 Å². The Morgan fingerprint density at radius 1 is 0.853 bits per heavy atom. The number of pyridine rings is 1. The molecule has 0 aliphatic carbocycles. The predicted molar refractivity (Wildman–Crippen MR) is 129 cm³/mol. The maximum Gasteiger partial charge on any atom is 0.278 e. The molecule has 2 amide bonds.